The molecule has 0 spiro atoms. The molecule has 5 heteroatoms. The van der Waals surface area contributed by atoms with Crippen LogP contribution >= 0.6 is 15.9 Å². The zero-order valence-electron chi connectivity index (χ0n) is 9.99. The molecule has 0 radical (unpaired) electrons. The molecular weight excluding hydrogens is 284 g/mol. The van der Waals surface area contributed by atoms with Crippen molar-refractivity contribution in [2.45, 2.75) is 44.6 Å². The topological polar surface area (TPSA) is 44.2 Å². The Kier molecular flexibility index (Phi) is 4.59. The van der Waals surface area contributed by atoms with Gasteiger partial charge in [0.2, 0.25) is 5.88 Å². The van der Waals surface area contributed by atoms with Gasteiger partial charge in [-0.05, 0) is 41.6 Å². The van der Waals surface area contributed by atoms with E-state index in [2.05, 4.69) is 25.9 Å². The fourth-order valence-corrected chi connectivity index (χ4v) is 2.40. The lowest BCUT2D eigenvalue weighted by Crippen LogP contribution is -2.16. The molecule has 1 aromatic rings. The summed E-state index contributed by atoms with van der Waals surface area (Å²) in [6.45, 7) is 0. The minimum absolute atomic E-state index is 0.253. The van der Waals surface area contributed by atoms with Crippen LogP contribution in [0, 0.1) is 0 Å². The molecule has 0 unspecified atom stereocenters. The molecule has 0 N–H and O–H groups in total. The van der Waals surface area contributed by atoms with Crippen LogP contribution in [0.4, 0.5) is 0 Å². The van der Waals surface area contributed by atoms with Crippen molar-refractivity contribution < 1.29 is 9.47 Å². The van der Waals surface area contributed by atoms with Crippen molar-refractivity contribution >= 4 is 15.9 Å². The third-order valence-electron chi connectivity index (χ3n) is 2.96. The van der Waals surface area contributed by atoms with Gasteiger partial charge in [0.05, 0.1) is 17.8 Å². The van der Waals surface area contributed by atoms with Crippen LogP contribution in [0.15, 0.2) is 10.7 Å². The average Bonchev–Trinajstić information content (AvgIpc) is 2.60. The van der Waals surface area contributed by atoms with E-state index in [-0.39, 0.29) is 6.10 Å². The van der Waals surface area contributed by atoms with Crippen molar-refractivity contribution in [3.05, 3.63) is 10.7 Å². The van der Waals surface area contributed by atoms with E-state index in [1.807, 2.05) is 0 Å². The largest absolute Gasteiger partial charge is 0.480 e. The van der Waals surface area contributed by atoms with Crippen LogP contribution in [-0.2, 0) is 0 Å². The Morgan fingerprint density at radius 2 is 1.94 bits per heavy atom. The third kappa shape index (κ3) is 3.56. The van der Waals surface area contributed by atoms with Crippen molar-refractivity contribution in [3.63, 3.8) is 0 Å². The molecule has 0 aromatic carbocycles. The maximum Gasteiger partial charge on any atom is 0.320 e. The number of nitrogens with zero attached hydrogens (tertiary/aromatic N) is 2. The van der Waals surface area contributed by atoms with Crippen molar-refractivity contribution in [2.75, 3.05) is 7.11 Å². The number of rotatable bonds is 3. The van der Waals surface area contributed by atoms with Crippen LogP contribution in [0.2, 0.25) is 0 Å². The molecule has 1 aliphatic carbocycles. The summed E-state index contributed by atoms with van der Waals surface area (Å²) in [6.07, 6.45) is 9.20. The van der Waals surface area contributed by atoms with Crippen LogP contribution in [-0.4, -0.2) is 23.2 Å². The second-order valence-electron chi connectivity index (χ2n) is 4.24. The first kappa shape index (κ1) is 12.6. The maximum absolute atomic E-state index is 5.81. The molecule has 1 saturated carbocycles. The van der Waals surface area contributed by atoms with E-state index in [9.17, 15) is 0 Å². The lowest BCUT2D eigenvalue weighted by Gasteiger charge is -2.15. The highest BCUT2D eigenvalue weighted by Crippen LogP contribution is 2.25. The zero-order chi connectivity index (χ0) is 12.1. The van der Waals surface area contributed by atoms with Gasteiger partial charge in [0, 0.05) is 0 Å². The van der Waals surface area contributed by atoms with E-state index < -0.39 is 0 Å². The Balaban J connectivity index is 2.01. The molecule has 1 aromatic heterocycles. The summed E-state index contributed by atoms with van der Waals surface area (Å²) in [5, 5.41) is 0. The summed E-state index contributed by atoms with van der Waals surface area (Å²) in [7, 11) is 1.59. The summed E-state index contributed by atoms with van der Waals surface area (Å²) >= 11 is 3.32. The van der Waals surface area contributed by atoms with Gasteiger partial charge < -0.3 is 9.47 Å². The Morgan fingerprint density at radius 1 is 1.24 bits per heavy atom. The average molecular weight is 301 g/mol. The van der Waals surface area contributed by atoms with Gasteiger partial charge >= 0.3 is 6.01 Å². The first-order valence-electron chi connectivity index (χ1n) is 6.03. The SMILES string of the molecule is COc1nc(OC2CCCCCC2)ncc1Br. The first-order chi connectivity index (χ1) is 8.29. The molecule has 1 heterocycles. The molecule has 94 valence electrons. The van der Waals surface area contributed by atoms with Crippen LogP contribution < -0.4 is 9.47 Å². The number of hydrogen-bond donors (Lipinski definition) is 0. The zero-order valence-corrected chi connectivity index (χ0v) is 11.6. The molecule has 0 aliphatic heterocycles. The Morgan fingerprint density at radius 3 is 2.59 bits per heavy atom. The van der Waals surface area contributed by atoms with E-state index in [0.29, 0.717) is 11.9 Å². The van der Waals surface area contributed by atoms with E-state index >= 15 is 0 Å². The molecule has 1 aliphatic rings. The second-order valence-corrected chi connectivity index (χ2v) is 5.10. The van der Waals surface area contributed by atoms with Gasteiger partial charge in [-0.1, -0.05) is 12.8 Å². The Labute approximate surface area is 110 Å². The van der Waals surface area contributed by atoms with Gasteiger partial charge in [-0.2, -0.15) is 4.98 Å². The van der Waals surface area contributed by atoms with Gasteiger partial charge in [0.15, 0.2) is 0 Å². The predicted molar refractivity (Wildman–Crippen MR) is 68.4 cm³/mol. The molecular formula is C12H17BrN2O2. The van der Waals surface area contributed by atoms with Crippen LogP contribution in [0.5, 0.6) is 11.9 Å². The summed E-state index contributed by atoms with van der Waals surface area (Å²) in [4.78, 5) is 8.36. The fraction of sp³-hybridized carbons (Fsp3) is 0.667. The van der Waals surface area contributed by atoms with Gasteiger partial charge in [-0.15, -0.1) is 0 Å². The highest BCUT2D eigenvalue weighted by atomic mass is 79.9. The van der Waals surface area contributed by atoms with Crippen molar-refractivity contribution in [1.29, 1.82) is 0 Å². The monoisotopic (exact) mass is 300 g/mol. The molecule has 1 fully saturated rings. The smallest absolute Gasteiger partial charge is 0.320 e. The molecule has 0 bridgehead atoms. The van der Waals surface area contributed by atoms with E-state index in [0.717, 1.165) is 17.3 Å². The molecule has 0 amide bonds. The summed E-state index contributed by atoms with van der Waals surface area (Å²) in [5.41, 5.74) is 0. The van der Waals surface area contributed by atoms with Gasteiger partial charge in [-0.25, -0.2) is 4.98 Å². The van der Waals surface area contributed by atoms with E-state index in [1.54, 1.807) is 13.3 Å². The number of methoxy groups -OCH3 is 1. The number of hydrogen-bond acceptors (Lipinski definition) is 4. The Hall–Kier alpha value is -0.840. The predicted octanol–water partition coefficient (Wildman–Crippen LogP) is 3.35. The first-order valence-corrected chi connectivity index (χ1v) is 6.82. The van der Waals surface area contributed by atoms with E-state index in [4.69, 9.17) is 9.47 Å². The molecule has 4 nitrogen and oxygen atoms in total. The lowest BCUT2D eigenvalue weighted by molar-refractivity contribution is 0.166. The summed E-state index contributed by atoms with van der Waals surface area (Å²) in [5.74, 6) is 0.517. The van der Waals surface area contributed by atoms with Crippen molar-refractivity contribution in [1.82, 2.24) is 9.97 Å². The highest BCUT2D eigenvalue weighted by molar-refractivity contribution is 9.10. The van der Waals surface area contributed by atoms with Crippen molar-refractivity contribution in [2.24, 2.45) is 0 Å². The summed E-state index contributed by atoms with van der Waals surface area (Å²) in [6, 6.07) is 0.414. The molecule has 17 heavy (non-hydrogen) atoms. The molecule has 0 atom stereocenters. The Bertz CT molecular complexity index is 366. The third-order valence-corrected chi connectivity index (χ3v) is 3.50. The minimum atomic E-state index is 0.253. The van der Waals surface area contributed by atoms with Gasteiger partial charge in [0.25, 0.3) is 0 Å². The normalized spacial score (nSPS) is 17.5. The van der Waals surface area contributed by atoms with Crippen LogP contribution in [0.3, 0.4) is 0 Å². The van der Waals surface area contributed by atoms with Crippen LogP contribution in [0.1, 0.15) is 38.5 Å². The molecule has 2 rings (SSSR count). The second kappa shape index (κ2) is 6.19. The lowest BCUT2D eigenvalue weighted by atomic mass is 10.2. The van der Waals surface area contributed by atoms with Crippen LogP contribution in [0.25, 0.3) is 0 Å². The fourth-order valence-electron chi connectivity index (χ4n) is 2.05. The number of aromatic nitrogens is 2. The number of ether oxygens (including phenoxy) is 2. The van der Waals surface area contributed by atoms with Gasteiger partial charge in [-0.3, -0.25) is 0 Å². The van der Waals surface area contributed by atoms with Crippen molar-refractivity contribution in [3.8, 4) is 11.9 Å². The van der Waals surface area contributed by atoms with Gasteiger partial charge in [0.1, 0.15) is 6.10 Å². The summed E-state index contributed by atoms with van der Waals surface area (Å²) < 4.78 is 11.7. The maximum atomic E-state index is 5.81. The molecule has 0 saturated heterocycles. The minimum Gasteiger partial charge on any atom is -0.480 e. The standard InChI is InChI=1S/C12H17BrN2O2/c1-16-11-10(13)8-14-12(15-11)17-9-6-4-2-3-5-7-9/h8-9H,2-7H2,1H3. The highest BCUT2D eigenvalue weighted by Gasteiger charge is 2.16. The number of halogens is 1. The van der Waals surface area contributed by atoms with E-state index in [1.165, 1.54) is 25.7 Å². The quantitative estimate of drug-likeness (QED) is 0.803.